The molecule has 2 aromatic rings. The van der Waals surface area contributed by atoms with Crippen molar-refractivity contribution in [2.24, 2.45) is 0 Å². The second-order valence-corrected chi connectivity index (χ2v) is 6.11. The second-order valence-electron chi connectivity index (χ2n) is 4.40. The van der Waals surface area contributed by atoms with Gasteiger partial charge >= 0.3 is 5.69 Å². The highest BCUT2D eigenvalue weighted by Gasteiger charge is 2.15. The molecule has 2 aromatic carbocycles. The van der Waals surface area contributed by atoms with Crippen molar-refractivity contribution in [2.45, 2.75) is 4.90 Å². The van der Waals surface area contributed by atoms with E-state index in [-0.39, 0.29) is 18.0 Å². The van der Waals surface area contributed by atoms with Gasteiger partial charge in [0, 0.05) is 15.4 Å². The molecule has 2 rings (SSSR count). The first-order valence-corrected chi connectivity index (χ1v) is 8.13. The number of amides is 1. The van der Waals surface area contributed by atoms with Crippen LogP contribution in [0.25, 0.3) is 0 Å². The van der Waals surface area contributed by atoms with E-state index in [9.17, 15) is 14.9 Å². The Hall–Kier alpha value is -2.57. The van der Waals surface area contributed by atoms with Gasteiger partial charge in [-0.3, -0.25) is 14.9 Å². The van der Waals surface area contributed by atoms with Crippen LogP contribution in [-0.4, -0.2) is 17.4 Å². The molecule has 1 amide bonds. The Morgan fingerprint density at radius 2 is 2.12 bits per heavy atom. The number of hydrogen-bond acceptors (Lipinski definition) is 6. The lowest BCUT2D eigenvalue weighted by atomic mass is 10.3. The third kappa shape index (κ3) is 4.71. The van der Waals surface area contributed by atoms with Gasteiger partial charge in [-0.05, 0) is 52.0 Å². The quantitative estimate of drug-likeness (QED) is 0.336. The molecule has 0 aliphatic carbocycles. The average molecular weight is 408 g/mol. The van der Waals surface area contributed by atoms with E-state index in [4.69, 9.17) is 10.00 Å². The highest BCUT2D eigenvalue weighted by molar-refractivity contribution is 9.10. The predicted molar refractivity (Wildman–Crippen MR) is 92.8 cm³/mol. The number of thiocyanates is 1. The Balaban J connectivity index is 2.00. The Labute approximate surface area is 149 Å². The van der Waals surface area contributed by atoms with Gasteiger partial charge in [-0.1, -0.05) is 12.1 Å². The normalized spacial score (nSPS) is 9.83. The SMILES string of the molecule is N#CSc1ccc(NC(=O)COc2ccccc2[N+](=O)[O-])c(Br)c1. The topological polar surface area (TPSA) is 105 Å². The molecule has 0 bridgehead atoms. The fourth-order valence-electron chi connectivity index (χ4n) is 1.77. The van der Waals surface area contributed by atoms with Crippen LogP contribution in [-0.2, 0) is 4.79 Å². The lowest BCUT2D eigenvalue weighted by Crippen LogP contribution is -2.20. The van der Waals surface area contributed by atoms with E-state index in [1.807, 2.05) is 5.40 Å². The van der Waals surface area contributed by atoms with Crippen molar-refractivity contribution in [1.82, 2.24) is 0 Å². The number of nitro groups is 1. The molecule has 0 atom stereocenters. The first-order chi connectivity index (χ1) is 11.5. The predicted octanol–water partition coefficient (Wildman–Crippen LogP) is 3.95. The number of carbonyl (C=O) groups is 1. The van der Waals surface area contributed by atoms with Gasteiger partial charge in [0.2, 0.25) is 0 Å². The van der Waals surface area contributed by atoms with Crippen LogP contribution in [0.5, 0.6) is 5.75 Å². The molecular formula is C15H10BrN3O4S. The van der Waals surface area contributed by atoms with Crippen LogP contribution in [0.3, 0.4) is 0 Å². The van der Waals surface area contributed by atoms with Gasteiger partial charge < -0.3 is 10.1 Å². The average Bonchev–Trinajstić information content (AvgIpc) is 2.56. The highest BCUT2D eigenvalue weighted by atomic mass is 79.9. The summed E-state index contributed by atoms with van der Waals surface area (Å²) >= 11 is 4.31. The summed E-state index contributed by atoms with van der Waals surface area (Å²) in [6.07, 6.45) is 0. The number of thioether (sulfide) groups is 1. The molecule has 0 radical (unpaired) electrons. The van der Waals surface area contributed by atoms with E-state index in [0.29, 0.717) is 10.2 Å². The number of nitrogens with zero attached hydrogens (tertiary/aromatic N) is 2. The molecule has 122 valence electrons. The van der Waals surface area contributed by atoms with E-state index in [2.05, 4.69) is 21.2 Å². The van der Waals surface area contributed by atoms with Crippen molar-refractivity contribution in [3.05, 3.63) is 57.1 Å². The van der Waals surface area contributed by atoms with E-state index in [1.165, 1.54) is 18.2 Å². The fourth-order valence-corrected chi connectivity index (χ4v) is 2.82. The first-order valence-electron chi connectivity index (χ1n) is 6.53. The van der Waals surface area contributed by atoms with Gasteiger partial charge in [-0.2, -0.15) is 5.26 Å². The largest absolute Gasteiger partial charge is 0.477 e. The number of nitro benzene ring substituents is 1. The fraction of sp³-hybridized carbons (Fsp3) is 0.0667. The zero-order chi connectivity index (χ0) is 17.5. The van der Waals surface area contributed by atoms with Crippen LogP contribution < -0.4 is 10.1 Å². The standard InChI is InChI=1S/C15H10BrN3O4S/c16-11-7-10(24-9-17)5-6-12(11)18-15(20)8-23-14-4-2-1-3-13(14)19(21)22/h1-7H,8H2,(H,18,20). The number of rotatable bonds is 6. The minimum atomic E-state index is -0.574. The molecule has 24 heavy (non-hydrogen) atoms. The van der Waals surface area contributed by atoms with E-state index in [1.54, 1.807) is 24.3 Å². The maximum Gasteiger partial charge on any atom is 0.310 e. The third-order valence-electron chi connectivity index (χ3n) is 2.80. The third-order valence-corrected chi connectivity index (χ3v) is 4.04. The molecule has 0 heterocycles. The number of halogens is 1. The zero-order valence-electron chi connectivity index (χ0n) is 12.1. The van der Waals surface area contributed by atoms with Gasteiger partial charge in [0.15, 0.2) is 12.4 Å². The van der Waals surface area contributed by atoms with Crippen LogP contribution in [0.1, 0.15) is 0 Å². The number of hydrogen-bond donors (Lipinski definition) is 1. The van der Waals surface area contributed by atoms with Crippen LogP contribution in [0, 0.1) is 20.8 Å². The Bertz CT molecular complexity index is 823. The minimum absolute atomic E-state index is 0.0254. The molecule has 0 saturated heterocycles. The molecule has 0 aromatic heterocycles. The Morgan fingerprint density at radius 1 is 1.38 bits per heavy atom. The molecule has 0 aliphatic rings. The maximum absolute atomic E-state index is 11.9. The van der Waals surface area contributed by atoms with Crippen LogP contribution in [0.2, 0.25) is 0 Å². The number of benzene rings is 2. The number of nitrogens with one attached hydrogen (secondary N) is 1. The first kappa shape index (κ1) is 17.8. The summed E-state index contributed by atoms with van der Waals surface area (Å²) in [6, 6.07) is 10.9. The van der Waals surface area contributed by atoms with Crippen molar-refractivity contribution < 1.29 is 14.5 Å². The van der Waals surface area contributed by atoms with Crippen LogP contribution in [0.15, 0.2) is 51.8 Å². The van der Waals surface area contributed by atoms with Crippen molar-refractivity contribution in [1.29, 1.82) is 5.26 Å². The molecule has 0 saturated carbocycles. The summed E-state index contributed by atoms with van der Waals surface area (Å²) in [6.45, 7) is -0.369. The van der Waals surface area contributed by atoms with E-state index < -0.39 is 10.8 Å². The van der Waals surface area contributed by atoms with Crippen LogP contribution in [0.4, 0.5) is 11.4 Å². The number of anilines is 1. The molecule has 0 spiro atoms. The Morgan fingerprint density at radius 3 is 2.79 bits per heavy atom. The van der Waals surface area contributed by atoms with Gasteiger partial charge in [0.05, 0.1) is 10.6 Å². The molecule has 1 N–H and O–H groups in total. The van der Waals surface area contributed by atoms with Crippen molar-refractivity contribution in [3.8, 4) is 11.2 Å². The van der Waals surface area contributed by atoms with Gasteiger partial charge in [-0.15, -0.1) is 0 Å². The highest BCUT2D eigenvalue weighted by Crippen LogP contribution is 2.29. The van der Waals surface area contributed by atoms with Gasteiger partial charge in [0.25, 0.3) is 5.91 Å². The minimum Gasteiger partial charge on any atom is -0.477 e. The van der Waals surface area contributed by atoms with E-state index in [0.717, 1.165) is 16.7 Å². The molecule has 0 fully saturated rings. The maximum atomic E-state index is 11.9. The summed E-state index contributed by atoms with van der Waals surface area (Å²) in [7, 11) is 0. The smallest absolute Gasteiger partial charge is 0.310 e. The van der Waals surface area contributed by atoms with Crippen LogP contribution >= 0.6 is 27.7 Å². The molecule has 9 heteroatoms. The number of nitriles is 1. The van der Waals surface area contributed by atoms with Gasteiger partial charge in [-0.25, -0.2) is 0 Å². The summed E-state index contributed by atoms with van der Waals surface area (Å²) in [5.74, 6) is -0.438. The molecule has 7 nitrogen and oxygen atoms in total. The summed E-state index contributed by atoms with van der Waals surface area (Å²) in [4.78, 5) is 23.0. The van der Waals surface area contributed by atoms with Crippen molar-refractivity contribution >= 4 is 45.0 Å². The monoisotopic (exact) mass is 407 g/mol. The molecule has 0 aliphatic heterocycles. The second kappa shape index (κ2) is 8.33. The lowest BCUT2D eigenvalue weighted by Gasteiger charge is -2.09. The van der Waals surface area contributed by atoms with Crippen molar-refractivity contribution in [2.75, 3.05) is 11.9 Å². The zero-order valence-corrected chi connectivity index (χ0v) is 14.5. The van der Waals surface area contributed by atoms with E-state index >= 15 is 0 Å². The number of para-hydroxylation sites is 2. The van der Waals surface area contributed by atoms with Crippen molar-refractivity contribution in [3.63, 3.8) is 0 Å². The number of ether oxygens (including phenoxy) is 1. The van der Waals surface area contributed by atoms with Gasteiger partial charge in [0.1, 0.15) is 5.40 Å². The molecular weight excluding hydrogens is 398 g/mol. The number of carbonyl (C=O) groups excluding carboxylic acids is 1. The Kier molecular flexibility index (Phi) is 6.17. The summed E-state index contributed by atoms with van der Waals surface area (Å²) < 4.78 is 5.83. The molecule has 0 unspecified atom stereocenters. The summed E-state index contributed by atoms with van der Waals surface area (Å²) in [5.41, 5.74) is 0.304. The lowest BCUT2D eigenvalue weighted by molar-refractivity contribution is -0.385. The summed E-state index contributed by atoms with van der Waals surface area (Å²) in [5, 5.41) is 24.1.